The van der Waals surface area contributed by atoms with Crippen molar-refractivity contribution in [2.75, 3.05) is 0 Å². The lowest BCUT2D eigenvalue weighted by molar-refractivity contribution is 0.474. The summed E-state index contributed by atoms with van der Waals surface area (Å²) in [6.45, 7) is 22.3. The van der Waals surface area contributed by atoms with Gasteiger partial charge in [0.05, 0.1) is 0 Å². The highest BCUT2D eigenvalue weighted by molar-refractivity contribution is 6.75. The Bertz CT molecular complexity index is 822. The van der Waals surface area contributed by atoms with E-state index in [-0.39, 0.29) is 10.1 Å². The van der Waals surface area contributed by atoms with Gasteiger partial charge in [-0.05, 0) is 72.1 Å². The topological polar surface area (TPSA) is 18.5 Å². The Morgan fingerprint density at radius 2 is 1.14 bits per heavy atom. The first-order chi connectivity index (χ1) is 12.6. The fraction of sp³-hybridized carbons (Fsp3) is 0.500. The van der Waals surface area contributed by atoms with Crippen molar-refractivity contribution >= 4 is 16.6 Å². The Balaban J connectivity index is 3.40. The van der Waals surface area contributed by atoms with E-state index in [0.29, 0.717) is 0 Å². The van der Waals surface area contributed by atoms with Crippen LogP contribution in [0.2, 0.25) is 36.3 Å². The van der Waals surface area contributed by atoms with Gasteiger partial charge in [-0.1, -0.05) is 47.5 Å². The molecule has 0 amide bonds. The van der Waals surface area contributed by atoms with E-state index >= 15 is 0 Å². The maximum absolute atomic E-state index is 6.51. The van der Waals surface area contributed by atoms with Crippen molar-refractivity contribution in [3.05, 3.63) is 23.8 Å². The third-order valence-electron chi connectivity index (χ3n) is 5.64. The molecule has 150 valence electrons. The van der Waals surface area contributed by atoms with Crippen molar-refractivity contribution in [3.8, 4) is 47.5 Å². The summed E-state index contributed by atoms with van der Waals surface area (Å²) in [5.41, 5.74) is 0.816. The zero-order chi connectivity index (χ0) is 21.8. The number of terminal acetylenes is 1. The van der Waals surface area contributed by atoms with Crippen molar-refractivity contribution in [1.82, 2.24) is 0 Å². The summed E-state index contributed by atoms with van der Waals surface area (Å²) in [6.07, 6.45) is 5.15. The van der Waals surface area contributed by atoms with Crippen LogP contribution in [0.25, 0.3) is 0 Å². The second-order valence-electron chi connectivity index (χ2n) is 10.1. The first-order valence-corrected chi connectivity index (χ1v) is 15.4. The predicted octanol–water partition coefficient (Wildman–Crippen LogP) is 6.44. The summed E-state index contributed by atoms with van der Waals surface area (Å²) in [4.78, 5) is 0. The molecule has 0 aliphatic carbocycles. The normalized spacial score (nSPS) is 12.0. The van der Waals surface area contributed by atoms with Crippen LogP contribution < -0.4 is 8.85 Å². The molecule has 0 heterocycles. The molecule has 28 heavy (non-hydrogen) atoms. The summed E-state index contributed by atoms with van der Waals surface area (Å²) in [5.74, 6) is 14.9. The Labute approximate surface area is 174 Å². The monoisotopic (exact) mass is 410 g/mol. The molecule has 0 saturated carbocycles. The summed E-state index contributed by atoms with van der Waals surface area (Å²) >= 11 is 0. The van der Waals surface area contributed by atoms with Crippen LogP contribution in [0.1, 0.15) is 47.1 Å². The second-order valence-corrected chi connectivity index (χ2v) is 19.5. The van der Waals surface area contributed by atoms with E-state index in [1.165, 1.54) is 0 Å². The van der Waals surface area contributed by atoms with Crippen LogP contribution in [0.5, 0.6) is 11.5 Å². The average molecular weight is 411 g/mol. The molecule has 1 aromatic rings. The molecule has 0 radical (unpaired) electrons. The molecular formula is C24H34O2Si2. The van der Waals surface area contributed by atoms with Crippen LogP contribution in [-0.4, -0.2) is 16.6 Å². The van der Waals surface area contributed by atoms with Crippen molar-refractivity contribution in [3.63, 3.8) is 0 Å². The zero-order valence-corrected chi connectivity index (χ0v) is 21.1. The molecule has 0 N–H and O–H groups in total. The summed E-state index contributed by atoms with van der Waals surface area (Å²) < 4.78 is 13.0. The van der Waals surface area contributed by atoms with E-state index in [2.05, 4.69) is 97.3 Å². The lowest BCUT2D eigenvalue weighted by Crippen LogP contribution is -2.44. The number of hydrogen-bond acceptors (Lipinski definition) is 2. The molecule has 0 aliphatic rings. The van der Waals surface area contributed by atoms with Gasteiger partial charge >= 0.3 is 0 Å². The van der Waals surface area contributed by atoms with E-state index in [1.54, 1.807) is 0 Å². The smallest absolute Gasteiger partial charge is 0.250 e. The molecule has 2 nitrogen and oxygen atoms in total. The molecule has 0 unspecified atom stereocenters. The van der Waals surface area contributed by atoms with Crippen LogP contribution in [0.4, 0.5) is 0 Å². The molecule has 0 aliphatic heterocycles. The van der Waals surface area contributed by atoms with Crippen molar-refractivity contribution in [1.29, 1.82) is 0 Å². The van der Waals surface area contributed by atoms with E-state index < -0.39 is 16.6 Å². The first-order valence-electron chi connectivity index (χ1n) is 9.59. The lowest BCUT2D eigenvalue weighted by Gasteiger charge is -2.38. The van der Waals surface area contributed by atoms with E-state index in [1.807, 2.05) is 18.2 Å². The minimum absolute atomic E-state index is 0.105. The molecule has 4 heteroatoms. The zero-order valence-electron chi connectivity index (χ0n) is 19.1. The molecule has 1 rings (SSSR count). The summed E-state index contributed by atoms with van der Waals surface area (Å²) in [6, 6.07) is 5.92. The predicted molar refractivity (Wildman–Crippen MR) is 126 cm³/mol. The van der Waals surface area contributed by atoms with Crippen LogP contribution in [0.3, 0.4) is 0 Å². The number of rotatable bonds is 4. The molecule has 0 fully saturated rings. The van der Waals surface area contributed by atoms with Crippen LogP contribution >= 0.6 is 0 Å². The van der Waals surface area contributed by atoms with Crippen LogP contribution in [-0.2, 0) is 0 Å². The Kier molecular flexibility index (Phi) is 7.30. The van der Waals surface area contributed by atoms with Gasteiger partial charge in [0, 0.05) is 11.6 Å². The molecular weight excluding hydrogens is 376 g/mol. The minimum atomic E-state index is -1.98. The van der Waals surface area contributed by atoms with Gasteiger partial charge < -0.3 is 8.85 Å². The third-order valence-corrected chi connectivity index (χ3v) is 14.4. The SMILES string of the molecule is C#CC#CC#Cc1cc(O[Si](C)(C)C(C)(C)C)cc(O[Si](C)(C)C(C)(C)C)c1. The van der Waals surface area contributed by atoms with Gasteiger partial charge in [-0.15, -0.1) is 6.42 Å². The highest BCUT2D eigenvalue weighted by Gasteiger charge is 2.40. The van der Waals surface area contributed by atoms with Crippen molar-refractivity contribution in [2.24, 2.45) is 0 Å². The van der Waals surface area contributed by atoms with E-state index in [9.17, 15) is 0 Å². The summed E-state index contributed by atoms with van der Waals surface area (Å²) in [7, 11) is -3.96. The molecule has 0 atom stereocenters. The quantitative estimate of drug-likeness (QED) is 0.420. The van der Waals surface area contributed by atoms with Crippen molar-refractivity contribution in [2.45, 2.75) is 77.8 Å². The van der Waals surface area contributed by atoms with Crippen LogP contribution in [0, 0.1) is 36.0 Å². The van der Waals surface area contributed by atoms with Gasteiger partial charge in [0.25, 0.3) is 0 Å². The third kappa shape index (κ3) is 6.52. The van der Waals surface area contributed by atoms with E-state index in [4.69, 9.17) is 15.3 Å². The second kappa shape index (κ2) is 8.52. The van der Waals surface area contributed by atoms with Gasteiger partial charge in [-0.3, -0.25) is 0 Å². The Hall–Kier alpha value is -2.07. The fourth-order valence-electron chi connectivity index (χ4n) is 1.83. The average Bonchev–Trinajstić information content (AvgIpc) is 2.48. The molecule has 0 bridgehead atoms. The molecule has 0 spiro atoms. The highest BCUT2D eigenvalue weighted by atomic mass is 28.4. The number of benzene rings is 1. The van der Waals surface area contributed by atoms with Crippen LogP contribution in [0.15, 0.2) is 18.2 Å². The Morgan fingerprint density at radius 3 is 1.50 bits per heavy atom. The molecule has 1 aromatic carbocycles. The van der Waals surface area contributed by atoms with Gasteiger partial charge in [0.1, 0.15) is 11.5 Å². The van der Waals surface area contributed by atoms with Gasteiger partial charge in [-0.25, -0.2) is 0 Å². The fourth-order valence-corrected chi connectivity index (χ4v) is 3.85. The van der Waals surface area contributed by atoms with Gasteiger partial charge in [-0.2, -0.15) is 0 Å². The number of hydrogen-bond donors (Lipinski definition) is 0. The molecule has 0 saturated heterocycles. The maximum Gasteiger partial charge on any atom is 0.250 e. The first kappa shape index (κ1) is 24.0. The van der Waals surface area contributed by atoms with Gasteiger partial charge in [0.15, 0.2) is 0 Å². The highest BCUT2D eigenvalue weighted by Crippen LogP contribution is 2.40. The van der Waals surface area contributed by atoms with Gasteiger partial charge in [0.2, 0.25) is 16.6 Å². The summed E-state index contributed by atoms with van der Waals surface area (Å²) in [5, 5.41) is 0.209. The maximum atomic E-state index is 6.51. The minimum Gasteiger partial charge on any atom is -0.543 e. The lowest BCUT2D eigenvalue weighted by atomic mass is 10.2. The molecule has 0 aromatic heterocycles. The standard InChI is InChI=1S/C24H34O2Si2/c1-12-13-14-15-16-20-17-21(25-27(8,9)23(2,3)4)19-22(18-20)26-28(10,11)24(5,6)7/h1,17-19H,2-11H3. The largest absolute Gasteiger partial charge is 0.543 e. The Morgan fingerprint density at radius 1 is 0.714 bits per heavy atom. The van der Waals surface area contributed by atoms with Crippen molar-refractivity contribution < 1.29 is 8.85 Å². The van der Waals surface area contributed by atoms with E-state index in [0.717, 1.165) is 17.1 Å².